The lowest BCUT2D eigenvalue weighted by Crippen LogP contribution is -1.80. The van der Waals surface area contributed by atoms with Crippen LogP contribution < -0.4 is 5.73 Å². The van der Waals surface area contributed by atoms with Crippen LogP contribution in [0.25, 0.3) is 22.4 Å². The zero-order valence-corrected chi connectivity index (χ0v) is 7.77. The first-order chi connectivity index (χ1) is 7.34. The van der Waals surface area contributed by atoms with Gasteiger partial charge in [-0.15, -0.1) is 0 Å². The van der Waals surface area contributed by atoms with E-state index >= 15 is 0 Å². The first-order valence-electron chi connectivity index (χ1n) is 4.49. The van der Waals surface area contributed by atoms with Crippen LogP contribution in [0.1, 0.15) is 0 Å². The topological polar surface area (TPSA) is 80.7 Å². The molecule has 0 fully saturated rings. The van der Waals surface area contributed by atoms with Crippen LogP contribution in [-0.4, -0.2) is 15.2 Å². The van der Waals surface area contributed by atoms with Crippen molar-refractivity contribution in [1.82, 2.24) is 15.2 Å². The average Bonchev–Trinajstić information content (AvgIpc) is 2.83. The molecule has 5 heteroatoms. The van der Waals surface area contributed by atoms with Gasteiger partial charge in [-0.1, -0.05) is 18.2 Å². The third-order valence-electron chi connectivity index (χ3n) is 2.23. The molecule has 2 aromatic heterocycles. The molecule has 0 aliphatic carbocycles. The minimum atomic E-state index is 0.150. The Labute approximate surface area is 84.9 Å². The highest BCUT2D eigenvalue weighted by molar-refractivity contribution is 5.91. The van der Waals surface area contributed by atoms with E-state index in [4.69, 9.17) is 10.2 Å². The maximum absolute atomic E-state index is 5.41. The number of fused-ring (bicyclic) bond motifs is 1. The van der Waals surface area contributed by atoms with Crippen molar-refractivity contribution in [3.63, 3.8) is 0 Å². The van der Waals surface area contributed by atoms with Crippen LogP contribution in [-0.2, 0) is 0 Å². The number of aromatic nitrogens is 3. The molecule has 0 bridgehead atoms. The first kappa shape index (κ1) is 8.05. The van der Waals surface area contributed by atoms with E-state index in [-0.39, 0.29) is 6.01 Å². The van der Waals surface area contributed by atoms with Crippen molar-refractivity contribution in [3.8, 4) is 11.5 Å². The Morgan fingerprint density at radius 2 is 2.13 bits per heavy atom. The average molecular weight is 200 g/mol. The molecule has 0 aliphatic heterocycles. The fourth-order valence-electron chi connectivity index (χ4n) is 1.55. The Hall–Kier alpha value is -2.30. The van der Waals surface area contributed by atoms with Gasteiger partial charge in [0.2, 0.25) is 0 Å². The quantitative estimate of drug-likeness (QED) is 0.627. The highest BCUT2D eigenvalue weighted by Gasteiger charge is 2.11. The smallest absolute Gasteiger partial charge is 0.292 e. The van der Waals surface area contributed by atoms with Crippen LogP contribution in [0.3, 0.4) is 0 Å². The lowest BCUT2D eigenvalue weighted by molar-refractivity contribution is 0.593. The molecule has 1 aromatic carbocycles. The number of rotatable bonds is 1. The minimum absolute atomic E-state index is 0.150. The molecule has 3 N–H and O–H groups in total. The molecule has 0 aliphatic rings. The van der Waals surface area contributed by atoms with Gasteiger partial charge in [0.25, 0.3) is 6.01 Å². The Bertz CT molecular complexity index is 610. The minimum Gasteiger partial charge on any atom is -0.422 e. The molecule has 74 valence electrons. The summed E-state index contributed by atoms with van der Waals surface area (Å²) in [6, 6.07) is 7.95. The number of anilines is 1. The van der Waals surface area contributed by atoms with Crippen molar-refractivity contribution >= 4 is 16.9 Å². The van der Waals surface area contributed by atoms with E-state index < -0.39 is 0 Å². The molecular formula is C10H8N4O. The van der Waals surface area contributed by atoms with Crippen molar-refractivity contribution in [2.24, 2.45) is 0 Å². The number of nitrogen functional groups attached to an aromatic ring is 1. The molecule has 0 saturated heterocycles. The van der Waals surface area contributed by atoms with E-state index in [9.17, 15) is 0 Å². The zero-order valence-electron chi connectivity index (χ0n) is 7.77. The molecule has 5 nitrogen and oxygen atoms in total. The summed E-state index contributed by atoms with van der Waals surface area (Å²) in [5.74, 6) is 0.574. The van der Waals surface area contributed by atoms with Gasteiger partial charge in [0.05, 0.1) is 11.7 Å². The molecule has 15 heavy (non-hydrogen) atoms. The largest absolute Gasteiger partial charge is 0.422 e. The predicted molar refractivity (Wildman–Crippen MR) is 56.0 cm³/mol. The summed E-state index contributed by atoms with van der Waals surface area (Å²) >= 11 is 0. The van der Waals surface area contributed by atoms with Gasteiger partial charge in [-0.2, -0.15) is 5.10 Å². The van der Waals surface area contributed by atoms with Crippen LogP contribution in [0.2, 0.25) is 0 Å². The van der Waals surface area contributed by atoms with E-state index in [1.165, 1.54) is 0 Å². The summed E-state index contributed by atoms with van der Waals surface area (Å²) in [5, 5.41) is 8.08. The van der Waals surface area contributed by atoms with Crippen LogP contribution in [0, 0.1) is 0 Å². The van der Waals surface area contributed by atoms with Gasteiger partial charge in [-0.3, -0.25) is 5.10 Å². The summed E-state index contributed by atoms with van der Waals surface area (Å²) in [5.41, 5.74) is 7.10. The van der Waals surface area contributed by atoms with Crippen LogP contribution in [0.4, 0.5) is 6.01 Å². The SMILES string of the molecule is Nc1ncc(-c2n[nH]c3ccccc23)o1. The summed E-state index contributed by atoms with van der Waals surface area (Å²) in [6.45, 7) is 0. The van der Waals surface area contributed by atoms with Gasteiger partial charge in [-0.05, 0) is 6.07 Å². The Balaban J connectivity index is 2.27. The van der Waals surface area contributed by atoms with Gasteiger partial charge in [0, 0.05) is 5.39 Å². The molecule has 3 aromatic rings. The standard InChI is InChI=1S/C10H8N4O/c11-10-12-5-8(15-10)9-6-3-1-2-4-7(6)13-14-9/h1-5H,(H2,11,12)(H,13,14). The summed E-state index contributed by atoms with van der Waals surface area (Å²) < 4.78 is 5.22. The third-order valence-corrected chi connectivity index (χ3v) is 2.23. The van der Waals surface area contributed by atoms with Crippen molar-refractivity contribution < 1.29 is 4.42 Å². The Morgan fingerprint density at radius 1 is 1.27 bits per heavy atom. The van der Waals surface area contributed by atoms with Gasteiger partial charge in [0.15, 0.2) is 5.76 Å². The number of benzene rings is 1. The van der Waals surface area contributed by atoms with E-state index in [1.54, 1.807) is 6.20 Å². The van der Waals surface area contributed by atoms with E-state index in [2.05, 4.69) is 15.2 Å². The number of aromatic amines is 1. The lowest BCUT2D eigenvalue weighted by atomic mass is 10.2. The van der Waals surface area contributed by atoms with Crippen molar-refractivity contribution in [1.29, 1.82) is 0 Å². The molecule has 2 heterocycles. The number of nitrogens with two attached hydrogens (primary N) is 1. The van der Waals surface area contributed by atoms with E-state index in [0.717, 1.165) is 16.6 Å². The molecule has 0 unspecified atom stereocenters. The molecule has 3 rings (SSSR count). The fraction of sp³-hybridized carbons (Fsp3) is 0. The van der Waals surface area contributed by atoms with Gasteiger partial charge in [0.1, 0.15) is 5.69 Å². The highest BCUT2D eigenvalue weighted by Crippen LogP contribution is 2.26. The van der Waals surface area contributed by atoms with Crippen molar-refractivity contribution in [3.05, 3.63) is 30.5 Å². The number of nitrogens with zero attached hydrogens (tertiary/aromatic N) is 2. The number of oxazole rings is 1. The second-order valence-electron chi connectivity index (χ2n) is 3.18. The number of hydrogen-bond acceptors (Lipinski definition) is 4. The third kappa shape index (κ3) is 1.17. The summed E-state index contributed by atoms with van der Waals surface area (Å²) in [7, 11) is 0. The van der Waals surface area contributed by atoms with Crippen molar-refractivity contribution in [2.45, 2.75) is 0 Å². The second kappa shape index (κ2) is 2.84. The Morgan fingerprint density at radius 3 is 2.93 bits per heavy atom. The molecule has 0 saturated carbocycles. The summed E-state index contributed by atoms with van der Waals surface area (Å²) in [6.07, 6.45) is 1.57. The first-order valence-corrected chi connectivity index (χ1v) is 4.49. The van der Waals surface area contributed by atoms with Crippen LogP contribution in [0.5, 0.6) is 0 Å². The van der Waals surface area contributed by atoms with Crippen LogP contribution in [0.15, 0.2) is 34.9 Å². The molecule has 0 radical (unpaired) electrons. The number of nitrogens with one attached hydrogen (secondary N) is 1. The monoisotopic (exact) mass is 200 g/mol. The van der Waals surface area contributed by atoms with E-state index in [1.807, 2.05) is 24.3 Å². The zero-order chi connectivity index (χ0) is 10.3. The van der Waals surface area contributed by atoms with Crippen molar-refractivity contribution in [2.75, 3.05) is 5.73 Å². The second-order valence-corrected chi connectivity index (χ2v) is 3.18. The van der Waals surface area contributed by atoms with Gasteiger partial charge >= 0.3 is 0 Å². The van der Waals surface area contributed by atoms with Crippen LogP contribution >= 0.6 is 0 Å². The molecule has 0 atom stereocenters. The fourth-order valence-corrected chi connectivity index (χ4v) is 1.55. The van der Waals surface area contributed by atoms with E-state index in [0.29, 0.717) is 5.76 Å². The number of hydrogen-bond donors (Lipinski definition) is 2. The maximum atomic E-state index is 5.41. The number of H-pyrrole nitrogens is 1. The normalized spacial score (nSPS) is 10.9. The van der Waals surface area contributed by atoms with Gasteiger partial charge in [-0.25, -0.2) is 4.98 Å². The predicted octanol–water partition coefficient (Wildman–Crippen LogP) is 1.80. The van der Waals surface area contributed by atoms with Gasteiger partial charge < -0.3 is 10.2 Å². The lowest BCUT2D eigenvalue weighted by Gasteiger charge is -1.90. The maximum Gasteiger partial charge on any atom is 0.292 e. The number of para-hydroxylation sites is 1. The molecule has 0 spiro atoms. The Kier molecular flexibility index (Phi) is 1.53. The highest BCUT2D eigenvalue weighted by atomic mass is 16.4. The molecule has 0 amide bonds. The molecular weight excluding hydrogens is 192 g/mol. The summed E-state index contributed by atoms with van der Waals surface area (Å²) in [4.78, 5) is 3.84.